The van der Waals surface area contributed by atoms with Gasteiger partial charge in [-0.3, -0.25) is 9.69 Å². The molecule has 1 aromatic heterocycles. The van der Waals surface area contributed by atoms with E-state index in [0.29, 0.717) is 11.2 Å². The first kappa shape index (κ1) is 16.0. The molecule has 2 heterocycles. The van der Waals surface area contributed by atoms with E-state index >= 15 is 0 Å². The third kappa shape index (κ3) is 3.49. The molecule has 4 nitrogen and oxygen atoms in total. The van der Waals surface area contributed by atoms with Crippen molar-refractivity contribution in [2.75, 3.05) is 13.1 Å². The number of hydrogen-bond donors (Lipinski definition) is 1. The molecule has 0 spiro atoms. The van der Waals surface area contributed by atoms with Crippen LogP contribution in [-0.4, -0.2) is 28.0 Å². The SMILES string of the molecule is CC1CCCN(Cc2ccc(-c3nc4ccccc4c(=O)[nH]3)cc2)C1. The fraction of sp³-hybridized carbons (Fsp3) is 0.333. The highest BCUT2D eigenvalue weighted by Crippen LogP contribution is 2.20. The van der Waals surface area contributed by atoms with Crippen LogP contribution in [0, 0.1) is 5.92 Å². The number of benzene rings is 2. The van der Waals surface area contributed by atoms with Crippen LogP contribution in [0.5, 0.6) is 0 Å². The Balaban J connectivity index is 1.57. The molecule has 1 aliphatic rings. The number of rotatable bonds is 3. The maximum Gasteiger partial charge on any atom is 0.259 e. The number of likely N-dealkylation sites (tertiary alicyclic amines) is 1. The van der Waals surface area contributed by atoms with Crippen LogP contribution >= 0.6 is 0 Å². The molecule has 0 saturated carbocycles. The summed E-state index contributed by atoms with van der Waals surface area (Å²) in [5.74, 6) is 1.42. The third-order valence-corrected chi connectivity index (χ3v) is 4.99. The number of H-pyrrole nitrogens is 1. The van der Waals surface area contributed by atoms with Crippen molar-refractivity contribution in [2.45, 2.75) is 26.3 Å². The average Bonchev–Trinajstić information content (AvgIpc) is 2.62. The van der Waals surface area contributed by atoms with Gasteiger partial charge in [-0.1, -0.05) is 43.3 Å². The van der Waals surface area contributed by atoms with E-state index in [9.17, 15) is 4.79 Å². The van der Waals surface area contributed by atoms with Gasteiger partial charge in [0.25, 0.3) is 5.56 Å². The van der Waals surface area contributed by atoms with Crippen molar-refractivity contribution < 1.29 is 0 Å². The van der Waals surface area contributed by atoms with Crippen LogP contribution in [0.2, 0.25) is 0 Å². The van der Waals surface area contributed by atoms with Crippen molar-refractivity contribution in [3.05, 3.63) is 64.4 Å². The second-order valence-electron chi connectivity index (χ2n) is 7.11. The van der Waals surface area contributed by atoms with E-state index in [-0.39, 0.29) is 5.56 Å². The van der Waals surface area contributed by atoms with E-state index in [1.807, 2.05) is 18.2 Å². The summed E-state index contributed by atoms with van der Waals surface area (Å²) in [6, 6.07) is 15.8. The first-order chi connectivity index (χ1) is 12.2. The summed E-state index contributed by atoms with van der Waals surface area (Å²) < 4.78 is 0. The van der Waals surface area contributed by atoms with Gasteiger partial charge in [0, 0.05) is 18.7 Å². The molecule has 3 aromatic rings. The summed E-state index contributed by atoms with van der Waals surface area (Å²) in [6.45, 7) is 5.69. The molecule has 0 aliphatic carbocycles. The summed E-state index contributed by atoms with van der Waals surface area (Å²) in [5.41, 5.74) is 2.89. The molecule has 0 bridgehead atoms. The second-order valence-corrected chi connectivity index (χ2v) is 7.11. The molecule has 1 unspecified atom stereocenters. The number of nitrogens with zero attached hydrogens (tertiary/aromatic N) is 2. The van der Waals surface area contributed by atoms with Gasteiger partial charge in [0.15, 0.2) is 0 Å². The fourth-order valence-electron chi connectivity index (χ4n) is 3.68. The molecule has 2 aromatic carbocycles. The molecule has 4 rings (SSSR count). The maximum absolute atomic E-state index is 12.2. The van der Waals surface area contributed by atoms with Crippen LogP contribution in [0.4, 0.5) is 0 Å². The largest absolute Gasteiger partial charge is 0.306 e. The molecule has 25 heavy (non-hydrogen) atoms. The lowest BCUT2D eigenvalue weighted by atomic mass is 9.99. The minimum absolute atomic E-state index is 0.0908. The Morgan fingerprint density at radius 2 is 1.96 bits per heavy atom. The smallest absolute Gasteiger partial charge is 0.259 e. The van der Waals surface area contributed by atoms with Crippen LogP contribution in [0.15, 0.2) is 53.3 Å². The van der Waals surface area contributed by atoms with Crippen molar-refractivity contribution in [1.29, 1.82) is 0 Å². The number of fused-ring (bicyclic) bond motifs is 1. The molecule has 1 aliphatic heterocycles. The molecule has 0 radical (unpaired) electrons. The summed E-state index contributed by atoms with van der Waals surface area (Å²) in [5, 5.41) is 0.627. The van der Waals surface area contributed by atoms with Gasteiger partial charge in [-0.25, -0.2) is 4.98 Å². The van der Waals surface area contributed by atoms with Crippen molar-refractivity contribution in [1.82, 2.24) is 14.9 Å². The lowest BCUT2D eigenvalue weighted by Gasteiger charge is -2.30. The summed E-state index contributed by atoms with van der Waals surface area (Å²) in [4.78, 5) is 22.2. The van der Waals surface area contributed by atoms with E-state index in [2.05, 4.69) is 46.1 Å². The monoisotopic (exact) mass is 333 g/mol. The molecule has 128 valence electrons. The van der Waals surface area contributed by atoms with Crippen molar-refractivity contribution >= 4 is 10.9 Å². The Labute approximate surface area is 147 Å². The van der Waals surface area contributed by atoms with E-state index < -0.39 is 0 Å². The van der Waals surface area contributed by atoms with Crippen molar-refractivity contribution in [2.24, 2.45) is 5.92 Å². The highest BCUT2D eigenvalue weighted by atomic mass is 16.1. The predicted octanol–water partition coefficient (Wildman–Crippen LogP) is 3.82. The van der Waals surface area contributed by atoms with Gasteiger partial charge in [0.05, 0.1) is 10.9 Å². The van der Waals surface area contributed by atoms with Gasteiger partial charge in [-0.15, -0.1) is 0 Å². The molecule has 0 amide bonds. The number of aromatic amines is 1. The highest BCUT2D eigenvalue weighted by Gasteiger charge is 2.16. The zero-order valence-corrected chi connectivity index (χ0v) is 14.5. The van der Waals surface area contributed by atoms with Crippen molar-refractivity contribution in [3.8, 4) is 11.4 Å². The zero-order chi connectivity index (χ0) is 17.2. The molecular formula is C21H23N3O. The minimum atomic E-state index is -0.0908. The van der Waals surface area contributed by atoms with E-state index in [1.165, 1.54) is 31.5 Å². The third-order valence-electron chi connectivity index (χ3n) is 4.99. The average molecular weight is 333 g/mol. The van der Waals surface area contributed by atoms with E-state index in [4.69, 9.17) is 0 Å². The molecule has 1 saturated heterocycles. The van der Waals surface area contributed by atoms with E-state index in [0.717, 1.165) is 23.5 Å². The van der Waals surface area contributed by atoms with Gasteiger partial charge in [0.2, 0.25) is 0 Å². The minimum Gasteiger partial charge on any atom is -0.306 e. The van der Waals surface area contributed by atoms with Gasteiger partial charge in [0.1, 0.15) is 5.82 Å². The molecule has 1 N–H and O–H groups in total. The lowest BCUT2D eigenvalue weighted by molar-refractivity contribution is 0.176. The first-order valence-corrected chi connectivity index (χ1v) is 9.00. The van der Waals surface area contributed by atoms with Crippen LogP contribution in [0.1, 0.15) is 25.3 Å². The van der Waals surface area contributed by atoms with Gasteiger partial charge >= 0.3 is 0 Å². The van der Waals surface area contributed by atoms with Gasteiger partial charge < -0.3 is 4.98 Å². The standard InChI is InChI=1S/C21H23N3O/c1-15-5-4-12-24(13-15)14-16-8-10-17(11-9-16)20-22-19-7-3-2-6-18(19)21(25)23-20/h2-3,6-11,15H,4-5,12-14H2,1H3,(H,22,23,25). The Morgan fingerprint density at radius 3 is 2.76 bits per heavy atom. The maximum atomic E-state index is 12.2. The summed E-state index contributed by atoms with van der Waals surface area (Å²) >= 11 is 0. The quantitative estimate of drug-likeness (QED) is 0.792. The fourth-order valence-corrected chi connectivity index (χ4v) is 3.68. The van der Waals surface area contributed by atoms with Crippen LogP contribution in [0.3, 0.4) is 0 Å². The predicted molar refractivity (Wildman–Crippen MR) is 101 cm³/mol. The Kier molecular flexibility index (Phi) is 4.36. The van der Waals surface area contributed by atoms with Gasteiger partial charge in [-0.2, -0.15) is 0 Å². The first-order valence-electron chi connectivity index (χ1n) is 9.00. The van der Waals surface area contributed by atoms with Crippen molar-refractivity contribution in [3.63, 3.8) is 0 Å². The highest BCUT2D eigenvalue weighted by molar-refractivity contribution is 5.79. The van der Waals surface area contributed by atoms with Crippen LogP contribution in [-0.2, 0) is 6.54 Å². The summed E-state index contributed by atoms with van der Waals surface area (Å²) in [7, 11) is 0. The normalized spacial score (nSPS) is 18.5. The van der Waals surface area contributed by atoms with Crippen LogP contribution in [0.25, 0.3) is 22.3 Å². The van der Waals surface area contributed by atoms with E-state index in [1.54, 1.807) is 6.07 Å². The Hall–Kier alpha value is -2.46. The number of piperidine rings is 1. The Bertz CT molecular complexity index is 930. The number of aromatic nitrogens is 2. The number of hydrogen-bond acceptors (Lipinski definition) is 3. The lowest BCUT2D eigenvalue weighted by Crippen LogP contribution is -2.33. The molecular weight excluding hydrogens is 310 g/mol. The second kappa shape index (κ2) is 6.81. The van der Waals surface area contributed by atoms with Gasteiger partial charge in [-0.05, 0) is 43.0 Å². The Morgan fingerprint density at radius 1 is 1.16 bits per heavy atom. The van der Waals surface area contributed by atoms with Crippen LogP contribution < -0.4 is 5.56 Å². The number of para-hydroxylation sites is 1. The molecule has 4 heteroatoms. The number of nitrogens with one attached hydrogen (secondary N) is 1. The molecule has 1 atom stereocenters. The topological polar surface area (TPSA) is 49.0 Å². The molecule has 1 fully saturated rings. The summed E-state index contributed by atoms with van der Waals surface area (Å²) in [6.07, 6.45) is 2.64. The zero-order valence-electron chi connectivity index (χ0n) is 14.5.